The van der Waals surface area contributed by atoms with E-state index >= 15 is 0 Å². The van der Waals surface area contributed by atoms with Crippen molar-refractivity contribution in [3.8, 4) is 0 Å². The van der Waals surface area contributed by atoms with Gasteiger partial charge in [-0.25, -0.2) is 0 Å². The fourth-order valence-electron chi connectivity index (χ4n) is 0.858. The van der Waals surface area contributed by atoms with Gasteiger partial charge in [-0.1, -0.05) is 13.8 Å². The molecule has 12 heavy (non-hydrogen) atoms. The molecule has 0 aromatic rings. The maximum atomic E-state index is 6.06. The van der Waals surface area contributed by atoms with Crippen molar-refractivity contribution in [3.05, 3.63) is 0 Å². The largest absolute Gasteiger partial charge is 0.383 e. The van der Waals surface area contributed by atoms with Crippen LogP contribution in [-0.4, -0.2) is 31.7 Å². The molecule has 0 aliphatic carbocycles. The molecule has 0 rings (SSSR count). The second kappa shape index (κ2) is 6.70. The van der Waals surface area contributed by atoms with E-state index < -0.39 is 0 Å². The molecule has 0 fully saturated rings. The Bertz CT molecular complexity index is 109. The quantitative estimate of drug-likeness (QED) is 0.651. The summed E-state index contributed by atoms with van der Waals surface area (Å²) in [7, 11) is 1.71. The average molecular weight is 194 g/mol. The number of methoxy groups -OCH3 is 1. The normalized spacial score (nSPS) is 16.5. The zero-order valence-corrected chi connectivity index (χ0v) is 9.19. The predicted octanol–water partition coefficient (Wildman–Crippen LogP) is 1.87. The minimum absolute atomic E-state index is 0.212. The Kier molecular flexibility index (Phi) is 6.81. The fraction of sp³-hybridized carbons (Fsp3) is 1.00. The van der Waals surface area contributed by atoms with E-state index in [0.717, 1.165) is 13.2 Å². The fourth-order valence-corrected chi connectivity index (χ4v) is 0.947. The lowest BCUT2D eigenvalue weighted by molar-refractivity contribution is 0.172. The first-order valence-corrected chi connectivity index (χ1v) is 4.88. The first-order valence-electron chi connectivity index (χ1n) is 4.44. The van der Waals surface area contributed by atoms with Gasteiger partial charge in [0, 0.05) is 25.1 Å². The van der Waals surface area contributed by atoms with Gasteiger partial charge in [0.25, 0.3) is 0 Å². The van der Waals surface area contributed by atoms with E-state index in [1.54, 1.807) is 7.11 Å². The number of ether oxygens (including phenoxy) is 1. The Morgan fingerprint density at radius 1 is 1.33 bits per heavy atom. The number of hydrogen-bond acceptors (Lipinski definition) is 2. The lowest BCUT2D eigenvalue weighted by Gasteiger charge is -2.17. The third kappa shape index (κ3) is 5.81. The van der Waals surface area contributed by atoms with E-state index in [0.29, 0.717) is 12.0 Å². The summed E-state index contributed by atoms with van der Waals surface area (Å²) in [6, 6.07) is 0.384. The number of alkyl halides is 1. The van der Waals surface area contributed by atoms with Crippen LogP contribution in [0.4, 0.5) is 0 Å². The first-order chi connectivity index (χ1) is 5.57. The Balaban J connectivity index is 3.40. The van der Waals surface area contributed by atoms with Gasteiger partial charge in [0.2, 0.25) is 0 Å². The van der Waals surface area contributed by atoms with Crippen molar-refractivity contribution in [2.75, 3.05) is 20.3 Å². The van der Waals surface area contributed by atoms with Crippen LogP contribution in [0.1, 0.15) is 20.8 Å². The highest BCUT2D eigenvalue weighted by Gasteiger charge is 2.10. The summed E-state index contributed by atoms with van der Waals surface area (Å²) in [6.07, 6.45) is 0. The minimum atomic E-state index is 0.212. The zero-order chi connectivity index (χ0) is 9.56. The van der Waals surface area contributed by atoms with Gasteiger partial charge in [-0.3, -0.25) is 0 Å². The second-order valence-corrected chi connectivity index (χ2v) is 4.09. The Labute approximate surface area is 80.6 Å². The molecule has 0 aromatic heterocycles. The first kappa shape index (κ1) is 12.2. The van der Waals surface area contributed by atoms with Crippen molar-refractivity contribution in [1.82, 2.24) is 5.32 Å². The van der Waals surface area contributed by atoms with Crippen LogP contribution in [0.5, 0.6) is 0 Å². The standard InChI is InChI=1S/C9H20ClNO/c1-7(2)9(10)5-11-8(3)6-12-4/h7-9,11H,5-6H2,1-4H3. The highest BCUT2D eigenvalue weighted by Crippen LogP contribution is 2.07. The van der Waals surface area contributed by atoms with Crippen molar-refractivity contribution in [1.29, 1.82) is 0 Å². The molecule has 0 aliphatic heterocycles. The van der Waals surface area contributed by atoms with Crippen LogP contribution >= 0.6 is 11.6 Å². The van der Waals surface area contributed by atoms with Crippen molar-refractivity contribution in [2.24, 2.45) is 5.92 Å². The number of halogens is 1. The van der Waals surface area contributed by atoms with Crippen LogP contribution in [0, 0.1) is 5.92 Å². The lowest BCUT2D eigenvalue weighted by atomic mass is 10.1. The average Bonchev–Trinajstić information content (AvgIpc) is 2.00. The van der Waals surface area contributed by atoms with Gasteiger partial charge >= 0.3 is 0 Å². The van der Waals surface area contributed by atoms with Gasteiger partial charge in [0.15, 0.2) is 0 Å². The van der Waals surface area contributed by atoms with Crippen LogP contribution in [0.2, 0.25) is 0 Å². The molecule has 0 bridgehead atoms. The van der Waals surface area contributed by atoms with Crippen molar-refractivity contribution >= 4 is 11.6 Å². The lowest BCUT2D eigenvalue weighted by Crippen LogP contribution is -2.36. The number of hydrogen-bond donors (Lipinski definition) is 1. The summed E-state index contributed by atoms with van der Waals surface area (Å²) in [5.74, 6) is 0.522. The van der Waals surface area contributed by atoms with Crippen molar-refractivity contribution in [2.45, 2.75) is 32.2 Å². The third-order valence-electron chi connectivity index (χ3n) is 1.80. The molecule has 0 aliphatic rings. The Morgan fingerprint density at radius 2 is 1.92 bits per heavy atom. The molecule has 0 aromatic carbocycles. The Hall–Kier alpha value is 0.210. The van der Waals surface area contributed by atoms with E-state index in [1.165, 1.54) is 0 Å². The van der Waals surface area contributed by atoms with Crippen LogP contribution in [0.3, 0.4) is 0 Å². The minimum Gasteiger partial charge on any atom is -0.383 e. The summed E-state index contributed by atoms with van der Waals surface area (Å²) in [6.45, 7) is 7.93. The zero-order valence-electron chi connectivity index (χ0n) is 8.43. The smallest absolute Gasteiger partial charge is 0.0613 e. The Morgan fingerprint density at radius 3 is 2.33 bits per heavy atom. The number of rotatable bonds is 6. The molecule has 1 N–H and O–H groups in total. The third-order valence-corrected chi connectivity index (χ3v) is 2.46. The van der Waals surface area contributed by atoms with Crippen LogP contribution in [-0.2, 0) is 4.74 Å². The van der Waals surface area contributed by atoms with E-state index in [9.17, 15) is 0 Å². The van der Waals surface area contributed by atoms with Gasteiger partial charge in [-0.05, 0) is 12.8 Å². The maximum Gasteiger partial charge on any atom is 0.0613 e. The molecule has 0 heterocycles. The summed E-state index contributed by atoms with van der Waals surface area (Å²) in [5.41, 5.74) is 0. The van der Waals surface area contributed by atoms with Crippen LogP contribution < -0.4 is 5.32 Å². The molecule has 0 amide bonds. The van der Waals surface area contributed by atoms with E-state index in [4.69, 9.17) is 16.3 Å². The van der Waals surface area contributed by atoms with Crippen molar-refractivity contribution < 1.29 is 4.74 Å². The molecule has 0 saturated carbocycles. The van der Waals surface area contributed by atoms with Gasteiger partial charge in [-0.15, -0.1) is 11.6 Å². The summed E-state index contributed by atoms with van der Waals surface area (Å²) in [5, 5.41) is 3.52. The summed E-state index contributed by atoms with van der Waals surface area (Å²) in [4.78, 5) is 0. The molecular formula is C9H20ClNO. The SMILES string of the molecule is COCC(C)NCC(Cl)C(C)C. The summed E-state index contributed by atoms with van der Waals surface area (Å²) < 4.78 is 4.99. The van der Waals surface area contributed by atoms with Gasteiger partial charge in [-0.2, -0.15) is 0 Å². The molecule has 0 saturated heterocycles. The summed E-state index contributed by atoms with van der Waals surface area (Å²) >= 11 is 6.06. The molecule has 0 radical (unpaired) electrons. The van der Waals surface area contributed by atoms with E-state index in [2.05, 4.69) is 26.1 Å². The van der Waals surface area contributed by atoms with E-state index in [1.807, 2.05) is 0 Å². The number of nitrogens with one attached hydrogen (secondary N) is 1. The molecule has 0 spiro atoms. The molecule has 2 unspecified atom stereocenters. The van der Waals surface area contributed by atoms with Gasteiger partial charge < -0.3 is 10.1 Å². The van der Waals surface area contributed by atoms with Crippen LogP contribution in [0.15, 0.2) is 0 Å². The van der Waals surface area contributed by atoms with E-state index in [-0.39, 0.29) is 5.38 Å². The van der Waals surface area contributed by atoms with Crippen LogP contribution in [0.25, 0.3) is 0 Å². The second-order valence-electron chi connectivity index (χ2n) is 3.52. The predicted molar refractivity (Wildman–Crippen MR) is 53.8 cm³/mol. The molecule has 2 atom stereocenters. The molecular weight excluding hydrogens is 174 g/mol. The maximum absolute atomic E-state index is 6.06. The monoisotopic (exact) mass is 193 g/mol. The van der Waals surface area contributed by atoms with Gasteiger partial charge in [0.05, 0.1) is 6.61 Å². The highest BCUT2D eigenvalue weighted by atomic mass is 35.5. The van der Waals surface area contributed by atoms with Crippen molar-refractivity contribution in [3.63, 3.8) is 0 Å². The topological polar surface area (TPSA) is 21.3 Å². The molecule has 2 nitrogen and oxygen atoms in total. The molecule has 74 valence electrons. The molecule has 3 heteroatoms. The van der Waals surface area contributed by atoms with Gasteiger partial charge in [0.1, 0.15) is 0 Å². The highest BCUT2D eigenvalue weighted by molar-refractivity contribution is 6.20.